The number of rotatable bonds is 6. The monoisotopic (exact) mass is 351 g/mol. The molecule has 7 heteroatoms. The van der Waals surface area contributed by atoms with Crippen LogP contribution in [0.3, 0.4) is 0 Å². The molecule has 0 atom stereocenters. The Morgan fingerprint density at radius 3 is 2.17 bits per heavy atom. The predicted molar refractivity (Wildman–Crippen MR) is 99.9 cm³/mol. The maximum atomic E-state index is 4.56. The van der Waals surface area contributed by atoms with Crippen LogP contribution in [-0.2, 0) is 12.8 Å². The van der Waals surface area contributed by atoms with Crippen molar-refractivity contribution >= 4 is 28.6 Å². The van der Waals surface area contributed by atoms with E-state index in [-0.39, 0.29) is 0 Å². The summed E-state index contributed by atoms with van der Waals surface area (Å²) in [6.45, 7) is 10.0. The smallest absolute Gasteiger partial charge is 0.191 e. The van der Waals surface area contributed by atoms with E-state index in [1.165, 1.54) is 14.8 Å². The second-order valence-electron chi connectivity index (χ2n) is 5.42. The molecule has 0 radical (unpaired) electrons. The minimum Gasteiger partial charge on any atom is -0.356 e. The average molecular weight is 352 g/mol. The fourth-order valence-corrected chi connectivity index (χ4v) is 4.12. The van der Waals surface area contributed by atoms with Crippen molar-refractivity contribution in [3.8, 4) is 0 Å². The molecule has 0 aromatic carbocycles. The third-order valence-corrected chi connectivity index (χ3v) is 5.84. The molecule has 2 aromatic rings. The second-order valence-corrected chi connectivity index (χ2v) is 7.99. The first-order valence-electron chi connectivity index (χ1n) is 7.80. The molecule has 5 nitrogen and oxygen atoms in total. The average Bonchev–Trinajstić information content (AvgIpc) is 2.99. The minimum absolute atomic E-state index is 0.838. The van der Waals surface area contributed by atoms with E-state index in [2.05, 4.69) is 53.3 Å². The van der Waals surface area contributed by atoms with E-state index >= 15 is 0 Å². The maximum absolute atomic E-state index is 4.56. The summed E-state index contributed by atoms with van der Waals surface area (Å²) in [6.07, 6.45) is 1.90. The van der Waals surface area contributed by atoms with E-state index in [0.717, 1.165) is 48.3 Å². The Morgan fingerprint density at radius 2 is 1.65 bits per heavy atom. The lowest BCUT2D eigenvalue weighted by Crippen LogP contribution is -2.39. The van der Waals surface area contributed by atoms with Gasteiger partial charge < -0.3 is 10.6 Å². The van der Waals surface area contributed by atoms with Crippen molar-refractivity contribution in [1.82, 2.24) is 20.6 Å². The minimum atomic E-state index is 0.838. The highest BCUT2D eigenvalue weighted by molar-refractivity contribution is 7.11. The van der Waals surface area contributed by atoms with Crippen molar-refractivity contribution in [3.05, 3.63) is 31.2 Å². The van der Waals surface area contributed by atoms with Crippen LogP contribution < -0.4 is 10.6 Å². The van der Waals surface area contributed by atoms with Crippen LogP contribution in [0.5, 0.6) is 0 Å². The molecule has 2 heterocycles. The summed E-state index contributed by atoms with van der Waals surface area (Å²) in [6, 6.07) is 0. The van der Waals surface area contributed by atoms with Gasteiger partial charge in [-0.1, -0.05) is 0 Å². The predicted octanol–water partition coefficient (Wildman–Crippen LogP) is 2.78. The highest BCUT2D eigenvalue weighted by atomic mass is 32.1. The van der Waals surface area contributed by atoms with Gasteiger partial charge in [-0.05, 0) is 27.7 Å². The number of nitrogens with zero attached hydrogens (tertiary/aromatic N) is 3. The number of hydrogen-bond acceptors (Lipinski definition) is 5. The van der Waals surface area contributed by atoms with Crippen molar-refractivity contribution in [2.45, 2.75) is 40.5 Å². The molecule has 0 aliphatic carbocycles. The fraction of sp³-hybridized carbons (Fsp3) is 0.562. The zero-order chi connectivity index (χ0) is 16.8. The molecule has 2 rings (SSSR count). The van der Waals surface area contributed by atoms with Gasteiger partial charge in [-0.3, -0.25) is 4.99 Å². The van der Waals surface area contributed by atoms with E-state index in [0.29, 0.717) is 0 Å². The molecule has 0 saturated heterocycles. The highest BCUT2D eigenvalue weighted by Crippen LogP contribution is 2.17. The summed E-state index contributed by atoms with van der Waals surface area (Å²) in [5.41, 5.74) is 2.29. The van der Waals surface area contributed by atoms with Gasteiger partial charge in [0.05, 0.1) is 21.4 Å². The number of aryl methyl sites for hydroxylation is 4. The standard InChI is InChI=1S/C16H25N5S2/c1-10-12(3)22-15(21-10)7-9-19-16(17-5)18-8-6-14-11(2)20-13(4)23-14/h6-9H2,1-5H3,(H2,17,18,19). The number of aromatic nitrogens is 2. The van der Waals surface area contributed by atoms with Crippen LogP contribution in [0, 0.1) is 27.7 Å². The molecule has 0 spiro atoms. The Balaban J connectivity index is 1.72. The molecule has 0 fully saturated rings. The lowest BCUT2D eigenvalue weighted by molar-refractivity contribution is 0.782. The first-order chi connectivity index (χ1) is 11.0. The first-order valence-corrected chi connectivity index (χ1v) is 9.43. The molecule has 23 heavy (non-hydrogen) atoms. The molecule has 0 saturated carbocycles. The van der Waals surface area contributed by atoms with Crippen molar-refractivity contribution in [2.75, 3.05) is 20.1 Å². The number of thiazole rings is 2. The van der Waals surface area contributed by atoms with E-state index in [1.54, 1.807) is 29.7 Å². The summed E-state index contributed by atoms with van der Waals surface area (Å²) >= 11 is 3.55. The summed E-state index contributed by atoms with van der Waals surface area (Å²) < 4.78 is 0. The van der Waals surface area contributed by atoms with E-state index in [1.807, 2.05) is 0 Å². The SMILES string of the molecule is CN=C(NCCc1nc(C)c(C)s1)NCCc1sc(C)nc1C. The Hall–Kier alpha value is -1.47. The van der Waals surface area contributed by atoms with Crippen LogP contribution in [0.2, 0.25) is 0 Å². The third-order valence-electron chi connectivity index (χ3n) is 3.57. The van der Waals surface area contributed by atoms with Gasteiger partial charge >= 0.3 is 0 Å². The lowest BCUT2D eigenvalue weighted by Gasteiger charge is -2.11. The van der Waals surface area contributed by atoms with E-state index in [4.69, 9.17) is 0 Å². The van der Waals surface area contributed by atoms with Gasteiger partial charge in [0.15, 0.2) is 5.96 Å². The largest absolute Gasteiger partial charge is 0.356 e. The zero-order valence-corrected chi connectivity index (χ0v) is 16.1. The quantitative estimate of drug-likeness (QED) is 0.620. The summed E-state index contributed by atoms with van der Waals surface area (Å²) in [5.74, 6) is 0.842. The van der Waals surface area contributed by atoms with E-state index < -0.39 is 0 Å². The van der Waals surface area contributed by atoms with Crippen LogP contribution in [0.25, 0.3) is 0 Å². The molecule has 0 aliphatic rings. The lowest BCUT2D eigenvalue weighted by atomic mass is 10.3. The van der Waals surface area contributed by atoms with Gasteiger partial charge in [-0.2, -0.15) is 0 Å². The van der Waals surface area contributed by atoms with Crippen molar-refractivity contribution < 1.29 is 0 Å². The van der Waals surface area contributed by atoms with Gasteiger partial charge in [-0.25, -0.2) is 9.97 Å². The maximum Gasteiger partial charge on any atom is 0.191 e. The number of aliphatic imine (C=N–C) groups is 1. The third kappa shape index (κ3) is 5.28. The van der Waals surface area contributed by atoms with Gasteiger partial charge in [0, 0.05) is 42.7 Å². The van der Waals surface area contributed by atoms with Gasteiger partial charge in [0.1, 0.15) is 0 Å². The molecular weight excluding hydrogens is 326 g/mol. The van der Waals surface area contributed by atoms with Crippen LogP contribution in [-0.4, -0.2) is 36.1 Å². The van der Waals surface area contributed by atoms with Crippen molar-refractivity contribution in [1.29, 1.82) is 0 Å². The summed E-state index contributed by atoms with van der Waals surface area (Å²) in [5, 5.41) is 9.02. The Kier molecular flexibility index (Phi) is 6.53. The zero-order valence-electron chi connectivity index (χ0n) is 14.5. The first kappa shape index (κ1) is 17.9. The highest BCUT2D eigenvalue weighted by Gasteiger charge is 2.06. The van der Waals surface area contributed by atoms with Crippen molar-refractivity contribution in [2.24, 2.45) is 4.99 Å². The van der Waals surface area contributed by atoms with Crippen molar-refractivity contribution in [3.63, 3.8) is 0 Å². The number of nitrogens with one attached hydrogen (secondary N) is 2. The van der Waals surface area contributed by atoms with Crippen LogP contribution in [0.1, 0.15) is 31.2 Å². The molecule has 126 valence electrons. The molecule has 0 amide bonds. The second kappa shape index (κ2) is 8.40. The Morgan fingerprint density at radius 1 is 0.957 bits per heavy atom. The molecule has 2 N–H and O–H groups in total. The molecule has 2 aromatic heterocycles. The molecular formula is C16H25N5S2. The summed E-state index contributed by atoms with van der Waals surface area (Å²) in [7, 11) is 1.80. The van der Waals surface area contributed by atoms with Crippen LogP contribution in [0.15, 0.2) is 4.99 Å². The molecule has 0 aliphatic heterocycles. The van der Waals surface area contributed by atoms with Crippen LogP contribution >= 0.6 is 22.7 Å². The van der Waals surface area contributed by atoms with E-state index in [9.17, 15) is 0 Å². The normalized spacial score (nSPS) is 11.8. The fourth-order valence-electron chi connectivity index (χ4n) is 2.25. The van der Waals surface area contributed by atoms with Gasteiger partial charge in [-0.15, -0.1) is 22.7 Å². The number of hydrogen-bond donors (Lipinski definition) is 2. The number of guanidine groups is 1. The Labute approximate surface area is 146 Å². The molecule has 0 bridgehead atoms. The van der Waals surface area contributed by atoms with Gasteiger partial charge in [0.25, 0.3) is 0 Å². The van der Waals surface area contributed by atoms with Crippen LogP contribution in [0.4, 0.5) is 0 Å². The Bertz CT molecular complexity index is 653. The molecule has 0 unspecified atom stereocenters. The van der Waals surface area contributed by atoms with Gasteiger partial charge in [0.2, 0.25) is 0 Å². The topological polar surface area (TPSA) is 62.2 Å². The summed E-state index contributed by atoms with van der Waals surface area (Å²) in [4.78, 5) is 15.9.